The van der Waals surface area contributed by atoms with Crippen LogP contribution in [0.4, 0.5) is 0 Å². The second-order valence-corrected chi connectivity index (χ2v) is 6.59. The first-order valence-corrected chi connectivity index (χ1v) is 7.41. The van der Waals surface area contributed by atoms with E-state index in [1.807, 2.05) is 0 Å². The first-order valence-electron chi connectivity index (χ1n) is 7.41. The van der Waals surface area contributed by atoms with Gasteiger partial charge < -0.3 is 9.80 Å². The smallest absolute Gasteiger partial charge is 0.0117 e. The van der Waals surface area contributed by atoms with E-state index in [9.17, 15) is 0 Å². The molecular weight excluding hydrogens is 208 g/mol. The molecule has 1 aliphatic rings. The van der Waals surface area contributed by atoms with Crippen LogP contribution in [0.25, 0.3) is 0 Å². The highest BCUT2D eigenvalue weighted by Gasteiger charge is 2.22. The standard InChI is InChI=1S/C15H32N2/c1-13(2)6-9-17-10-7-15(8-11-17)16(5)12-14(3)4/h13-15H,6-12H2,1-5H3. The molecule has 0 spiro atoms. The summed E-state index contributed by atoms with van der Waals surface area (Å²) in [5.41, 5.74) is 0. The topological polar surface area (TPSA) is 6.48 Å². The third-order valence-electron chi connectivity index (χ3n) is 3.86. The zero-order valence-corrected chi connectivity index (χ0v) is 12.6. The minimum absolute atomic E-state index is 0.791. The number of nitrogens with zero attached hydrogens (tertiary/aromatic N) is 2. The molecule has 1 heterocycles. The molecule has 0 saturated carbocycles. The van der Waals surface area contributed by atoms with E-state index in [1.165, 1.54) is 45.4 Å². The fourth-order valence-electron chi connectivity index (χ4n) is 2.75. The van der Waals surface area contributed by atoms with Crippen molar-refractivity contribution in [3.8, 4) is 0 Å². The molecule has 2 heteroatoms. The normalized spacial score (nSPS) is 19.8. The first-order chi connectivity index (χ1) is 7.99. The summed E-state index contributed by atoms with van der Waals surface area (Å²) in [6.07, 6.45) is 4.08. The summed E-state index contributed by atoms with van der Waals surface area (Å²) in [5.74, 6) is 1.63. The lowest BCUT2D eigenvalue weighted by atomic mass is 10.0. The average Bonchev–Trinajstić information content (AvgIpc) is 2.26. The highest BCUT2D eigenvalue weighted by molar-refractivity contribution is 4.78. The molecule has 2 nitrogen and oxygen atoms in total. The maximum Gasteiger partial charge on any atom is 0.0117 e. The molecule has 1 aliphatic heterocycles. The Hall–Kier alpha value is -0.0800. The van der Waals surface area contributed by atoms with Gasteiger partial charge in [-0.3, -0.25) is 0 Å². The van der Waals surface area contributed by atoms with Crippen molar-refractivity contribution in [2.24, 2.45) is 11.8 Å². The molecule has 0 aromatic carbocycles. The Bertz CT molecular complexity index is 193. The van der Waals surface area contributed by atoms with Crippen molar-refractivity contribution < 1.29 is 0 Å². The van der Waals surface area contributed by atoms with Gasteiger partial charge in [-0.15, -0.1) is 0 Å². The van der Waals surface area contributed by atoms with Crippen molar-refractivity contribution in [2.75, 3.05) is 33.2 Å². The molecule has 1 saturated heterocycles. The van der Waals surface area contributed by atoms with Crippen LogP contribution in [0.2, 0.25) is 0 Å². The molecule has 0 unspecified atom stereocenters. The molecule has 1 fully saturated rings. The van der Waals surface area contributed by atoms with Gasteiger partial charge in [-0.25, -0.2) is 0 Å². The zero-order chi connectivity index (χ0) is 12.8. The van der Waals surface area contributed by atoms with E-state index < -0.39 is 0 Å². The maximum absolute atomic E-state index is 2.65. The summed E-state index contributed by atoms with van der Waals surface area (Å²) in [6, 6.07) is 0.827. The van der Waals surface area contributed by atoms with Gasteiger partial charge in [0, 0.05) is 12.6 Å². The van der Waals surface area contributed by atoms with Crippen molar-refractivity contribution >= 4 is 0 Å². The van der Waals surface area contributed by atoms with E-state index in [0.29, 0.717) is 0 Å². The van der Waals surface area contributed by atoms with Crippen molar-refractivity contribution in [3.05, 3.63) is 0 Å². The third kappa shape index (κ3) is 5.87. The monoisotopic (exact) mass is 240 g/mol. The van der Waals surface area contributed by atoms with Crippen LogP contribution in [0.3, 0.4) is 0 Å². The van der Waals surface area contributed by atoms with Crippen molar-refractivity contribution in [1.29, 1.82) is 0 Å². The second kappa shape index (κ2) is 7.38. The van der Waals surface area contributed by atoms with Gasteiger partial charge in [0.15, 0.2) is 0 Å². The maximum atomic E-state index is 2.65. The Balaban J connectivity index is 2.21. The number of hydrogen-bond acceptors (Lipinski definition) is 2. The average molecular weight is 240 g/mol. The van der Waals surface area contributed by atoms with Crippen LogP contribution >= 0.6 is 0 Å². The van der Waals surface area contributed by atoms with Crippen LogP contribution in [0.1, 0.15) is 47.0 Å². The van der Waals surface area contributed by atoms with Crippen LogP contribution in [0.15, 0.2) is 0 Å². The highest BCUT2D eigenvalue weighted by atomic mass is 15.2. The molecule has 0 aromatic rings. The summed E-state index contributed by atoms with van der Waals surface area (Å²) in [5, 5.41) is 0. The van der Waals surface area contributed by atoms with Crippen LogP contribution in [-0.2, 0) is 0 Å². The Morgan fingerprint density at radius 2 is 1.65 bits per heavy atom. The SMILES string of the molecule is CC(C)CCN1CCC(N(C)CC(C)C)CC1. The highest BCUT2D eigenvalue weighted by Crippen LogP contribution is 2.17. The third-order valence-corrected chi connectivity index (χ3v) is 3.86. The van der Waals surface area contributed by atoms with Gasteiger partial charge in [0.05, 0.1) is 0 Å². The summed E-state index contributed by atoms with van der Waals surface area (Å²) in [7, 11) is 2.30. The Labute approximate surface area is 108 Å². The molecule has 0 aliphatic carbocycles. The Kier molecular flexibility index (Phi) is 6.50. The second-order valence-electron chi connectivity index (χ2n) is 6.59. The quantitative estimate of drug-likeness (QED) is 0.704. The molecule has 0 aromatic heterocycles. The van der Waals surface area contributed by atoms with Crippen LogP contribution in [0, 0.1) is 11.8 Å². The molecule has 0 N–H and O–H groups in total. The summed E-state index contributed by atoms with van der Waals surface area (Å²) >= 11 is 0. The van der Waals surface area contributed by atoms with Crippen molar-refractivity contribution in [2.45, 2.75) is 53.0 Å². The Morgan fingerprint density at radius 3 is 2.12 bits per heavy atom. The van der Waals surface area contributed by atoms with Gasteiger partial charge in [0.2, 0.25) is 0 Å². The van der Waals surface area contributed by atoms with Gasteiger partial charge in [0.1, 0.15) is 0 Å². The molecule has 0 bridgehead atoms. The molecular formula is C15H32N2. The van der Waals surface area contributed by atoms with Crippen LogP contribution in [-0.4, -0.2) is 49.1 Å². The predicted octanol–water partition coefficient (Wildman–Crippen LogP) is 3.08. The summed E-state index contributed by atoms with van der Waals surface area (Å²) in [4.78, 5) is 5.23. The molecule has 0 radical (unpaired) electrons. The van der Waals surface area contributed by atoms with E-state index in [0.717, 1.165) is 17.9 Å². The lowest BCUT2D eigenvalue weighted by molar-refractivity contribution is 0.116. The number of rotatable bonds is 6. The molecule has 17 heavy (non-hydrogen) atoms. The van der Waals surface area contributed by atoms with Gasteiger partial charge >= 0.3 is 0 Å². The lowest BCUT2D eigenvalue weighted by Crippen LogP contribution is -2.44. The lowest BCUT2D eigenvalue weighted by Gasteiger charge is -2.37. The van der Waals surface area contributed by atoms with E-state index >= 15 is 0 Å². The van der Waals surface area contributed by atoms with Crippen molar-refractivity contribution in [1.82, 2.24) is 9.80 Å². The van der Waals surface area contributed by atoms with E-state index in [-0.39, 0.29) is 0 Å². The van der Waals surface area contributed by atoms with Gasteiger partial charge in [-0.05, 0) is 57.8 Å². The molecule has 102 valence electrons. The molecule has 1 rings (SSSR count). The van der Waals surface area contributed by atoms with E-state index in [4.69, 9.17) is 0 Å². The van der Waals surface area contributed by atoms with Gasteiger partial charge in [-0.1, -0.05) is 27.7 Å². The van der Waals surface area contributed by atoms with Crippen molar-refractivity contribution in [3.63, 3.8) is 0 Å². The van der Waals surface area contributed by atoms with Gasteiger partial charge in [-0.2, -0.15) is 0 Å². The number of piperidine rings is 1. The molecule has 0 atom stereocenters. The predicted molar refractivity (Wildman–Crippen MR) is 76.4 cm³/mol. The largest absolute Gasteiger partial charge is 0.303 e. The fourth-order valence-corrected chi connectivity index (χ4v) is 2.75. The minimum Gasteiger partial charge on any atom is -0.303 e. The number of hydrogen-bond donors (Lipinski definition) is 0. The zero-order valence-electron chi connectivity index (χ0n) is 12.6. The number of likely N-dealkylation sites (tertiary alicyclic amines) is 1. The Morgan fingerprint density at radius 1 is 1.06 bits per heavy atom. The first kappa shape index (κ1) is 15.0. The summed E-state index contributed by atoms with van der Waals surface area (Å²) in [6.45, 7) is 14.4. The van der Waals surface area contributed by atoms with Gasteiger partial charge in [0.25, 0.3) is 0 Å². The van der Waals surface area contributed by atoms with E-state index in [2.05, 4.69) is 44.5 Å². The summed E-state index contributed by atoms with van der Waals surface area (Å²) < 4.78 is 0. The van der Waals surface area contributed by atoms with Crippen LogP contribution < -0.4 is 0 Å². The fraction of sp³-hybridized carbons (Fsp3) is 1.00. The van der Waals surface area contributed by atoms with Crippen LogP contribution in [0.5, 0.6) is 0 Å². The molecule has 0 amide bonds. The van der Waals surface area contributed by atoms with E-state index in [1.54, 1.807) is 0 Å². The minimum atomic E-state index is 0.791.